The normalized spacial score (nSPS) is 27.1. The summed E-state index contributed by atoms with van der Waals surface area (Å²) in [5, 5.41) is 7.84. The monoisotopic (exact) mass is 293 g/mol. The third-order valence-electron chi connectivity index (χ3n) is 4.60. The highest BCUT2D eigenvalue weighted by molar-refractivity contribution is 5.05. The Morgan fingerprint density at radius 1 is 1.29 bits per heavy atom. The van der Waals surface area contributed by atoms with Crippen LogP contribution in [0.1, 0.15) is 76.1 Å². The fraction of sp³-hybridized carbons (Fsp3) is 0.875. The molecule has 0 aromatic carbocycles. The first kappa shape index (κ1) is 15.0. The number of hydrogen-bond acceptors (Lipinski definition) is 5. The van der Waals surface area contributed by atoms with Crippen molar-refractivity contribution >= 4 is 0 Å². The molecule has 1 heterocycles. The van der Waals surface area contributed by atoms with Gasteiger partial charge in [0.25, 0.3) is 0 Å². The molecule has 0 bridgehead atoms. The molecule has 1 aromatic rings. The molecule has 0 spiro atoms. The Hall–Kier alpha value is -0.940. The van der Waals surface area contributed by atoms with E-state index in [1.54, 1.807) is 0 Å². The summed E-state index contributed by atoms with van der Waals surface area (Å²) in [5.41, 5.74) is 0. The molecule has 118 valence electrons. The second-order valence-electron chi connectivity index (χ2n) is 6.30. The Kier molecular flexibility index (Phi) is 4.91. The molecule has 3 unspecified atom stereocenters. The van der Waals surface area contributed by atoms with Crippen LogP contribution in [0.5, 0.6) is 0 Å². The first-order valence-electron chi connectivity index (χ1n) is 8.52. The molecule has 0 saturated heterocycles. The Bertz CT molecular complexity index is 444. The summed E-state index contributed by atoms with van der Waals surface area (Å²) in [7, 11) is 0. The third-order valence-corrected chi connectivity index (χ3v) is 4.60. The largest absolute Gasteiger partial charge is 0.370 e. The molecule has 2 saturated carbocycles. The van der Waals surface area contributed by atoms with Crippen LogP contribution in [0.4, 0.5) is 0 Å². The molecule has 3 atom stereocenters. The summed E-state index contributed by atoms with van der Waals surface area (Å²) in [6.45, 7) is 5.99. The van der Waals surface area contributed by atoms with Gasteiger partial charge in [0, 0.05) is 12.6 Å². The lowest BCUT2D eigenvalue weighted by Crippen LogP contribution is -2.31. The number of nitrogens with one attached hydrogen (secondary N) is 1. The van der Waals surface area contributed by atoms with Crippen molar-refractivity contribution in [2.24, 2.45) is 5.92 Å². The van der Waals surface area contributed by atoms with Gasteiger partial charge < -0.3 is 14.6 Å². The van der Waals surface area contributed by atoms with E-state index < -0.39 is 0 Å². The van der Waals surface area contributed by atoms with Crippen LogP contribution in [-0.2, 0) is 4.74 Å². The zero-order chi connectivity index (χ0) is 14.7. The van der Waals surface area contributed by atoms with Crippen LogP contribution in [0, 0.1) is 5.92 Å². The van der Waals surface area contributed by atoms with Gasteiger partial charge in [-0.2, -0.15) is 4.98 Å². The van der Waals surface area contributed by atoms with Crippen LogP contribution in [0.15, 0.2) is 4.52 Å². The van der Waals surface area contributed by atoms with Gasteiger partial charge in [-0.3, -0.25) is 0 Å². The van der Waals surface area contributed by atoms with E-state index in [1.807, 2.05) is 6.92 Å². The lowest BCUT2D eigenvalue weighted by atomic mass is 10.0. The molecule has 5 heteroatoms. The van der Waals surface area contributed by atoms with Crippen molar-refractivity contribution in [3.8, 4) is 0 Å². The van der Waals surface area contributed by atoms with Crippen LogP contribution in [0.25, 0.3) is 0 Å². The van der Waals surface area contributed by atoms with Crippen molar-refractivity contribution in [1.29, 1.82) is 0 Å². The maximum Gasteiger partial charge on any atom is 0.231 e. The van der Waals surface area contributed by atoms with E-state index in [-0.39, 0.29) is 6.10 Å². The van der Waals surface area contributed by atoms with E-state index in [0.717, 1.165) is 31.1 Å². The Morgan fingerprint density at radius 3 is 2.86 bits per heavy atom. The Balaban J connectivity index is 1.68. The highest BCUT2D eigenvalue weighted by atomic mass is 16.5. The molecular weight excluding hydrogens is 266 g/mol. The van der Waals surface area contributed by atoms with E-state index in [9.17, 15) is 0 Å². The first-order chi connectivity index (χ1) is 10.3. The topological polar surface area (TPSA) is 60.2 Å². The van der Waals surface area contributed by atoms with Gasteiger partial charge in [0.05, 0.1) is 5.92 Å². The summed E-state index contributed by atoms with van der Waals surface area (Å²) in [5.74, 6) is 2.53. The van der Waals surface area contributed by atoms with Gasteiger partial charge in [-0.15, -0.1) is 0 Å². The quantitative estimate of drug-likeness (QED) is 0.797. The summed E-state index contributed by atoms with van der Waals surface area (Å²) in [6.07, 6.45) is 7.23. The van der Waals surface area contributed by atoms with Crippen molar-refractivity contribution in [2.75, 3.05) is 13.2 Å². The lowest BCUT2D eigenvalue weighted by molar-refractivity contribution is 0.0384. The predicted molar refractivity (Wildman–Crippen MR) is 80.1 cm³/mol. The van der Waals surface area contributed by atoms with Crippen molar-refractivity contribution in [1.82, 2.24) is 15.5 Å². The van der Waals surface area contributed by atoms with Gasteiger partial charge in [0.1, 0.15) is 6.10 Å². The van der Waals surface area contributed by atoms with Gasteiger partial charge in [-0.25, -0.2) is 0 Å². The third kappa shape index (κ3) is 3.46. The predicted octanol–water partition coefficient (Wildman–Crippen LogP) is 3.19. The van der Waals surface area contributed by atoms with Crippen LogP contribution in [-0.4, -0.2) is 29.3 Å². The van der Waals surface area contributed by atoms with E-state index in [1.165, 1.54) is 25.7 Å². The van der Waals surface area contributed by atoms with Gasteiger partial charge >= 0.3 is 0 Å². The molecule has 2 aliphatic carbocycles. The zero-order valence-corrected chi connectivity index (χ0v) is 13.2. The summed E-state index contributed by atoms with van der Waals surface area (Å²) >= 11 is 0. The number of rotatable bonds is 8. The maximum atomic E-state index is 5.82. The molecule has 0 radical (unpaired) electrons. The van der Waals surface area contributed by atoms with E-state index >= 15 is 0 Å². The molecule has 3 rings (SSSR count). The Morgan fingerprint density at radius 2 is 2.14 bits per heavy atom. The summed E-state index contributed by atoms with van der Waals surface area (Å²) in [4.78, 5) is 4.69. The maximum absolute atomic E-state index is 5.82. The minimum absolute atomic E-state index is 0.0379. The molecular formula is C16H27N3O2. The average molecular weight is 293 g/mol. The standard InChI is InChI=1S/C16H27N3O2/c1-3-10-17-13-7-5-6-12(13)16-18-15(19-21-16)14(20-4-2)11-8-9-11/h11-14,17H,3-10H2,1-2H3. The molecule has 2 fully saturated rings. The highest BCUT2D eigenvalue weighted by Gasteiger charge is 2.38. The highest BCUT2D eigenvalue weighted by Crippen LogP contribution is 2.43. The first-order valence-corrected chi connectivity index (χ1v) is 8.52. The van der Waals surface area contributed by atoms with Crippen LogP contribution < -0.4 is 5.32 Å². The number of aromatic nitrogens is 2. The summed E-state index contributed by atoms with van der Waals surface area (Å²) < 4.78 is 11.4. The molecule has 21 heavy (non-hydrogen) atoms. The van der Waals surface area contributed by atoms with Crippen molar-refractivity contribution in [3.05, 3.63) is 11.7 Å². The molecule has 1 aromatic heterocycles. The second kappa shape index (κ2) is 6.88. The molecule has 1 N–H and O–H groups in total. The smallest absolute Gasteiger partial charge is 0.231 e. The van der Waals surface area contributed by atoms with Gasteiger partial charge in [0.2, 0.25) is 11.7 Å². The van der Waals surface area contributed by atoms with Crippen molar-refractivity contribution in [2.45, 2.75) is 70.4 Å². The number of nitrogens with zero attached hydrogens (tertiary/aromatic N) is 2. The van der Waals surface area contributed by atoms with E-state index in [2.05, 4.69) is 22.4 Å². The zero-order valence-electron chi connectivity index (χ0n) is 13.2. The second-order valence-corrected chi connectivity index (χ2v) is 6.30. The summed E-state index contributed by atoms with van der Waals surface area (Å²) in [6, 6.07) is 0.490. The molecule has 2 aliphatic rings. The van der Waals surface area contributed by atoms with Gasteiger partial charge in [-0.05, 0) is 51.5 Å². The van der Waals surface area contributed by atoms with Crippen LogP contribution >= 0.6 is 0 Å². The minimum Gasteiger partial charge on any atom is -0.370 e. The molecule has 0 amide bonds. The minimum atomic E-state index is 0.0379. The van der Waals surface area contributed by atoms with Crippen molar-refractivity contribution in [3.63, 3.8) is 0 Å². The Labute approximate surface area is 126 Å². The fourth-order valence-electron chi connectivity index (χ4n) is 3.34. The number of hydrogen-bond donors (Lipinski definition) is 1. The van der Waals surface area contributed by atoms with Crippen LogP contribution in [0.3, 0.4) is 0 Å². The van der Waals surface area contributed by atoms with Crippen molar-refractivity contribution < 1.29 is 9.26 Å². The van der Waals surface area contributed by atoms with Gasteiger partial charge in [-0.1, -0.05) is 18.5 Å². The SMILES string of the molecule is CCCNC1CCCC1c1nc(C(OCC)C2CC2)no1. The van der Waals surface area contributed by atoms with E-state index in [4.69, 9.17) is 9.26 Å². The lowest BCUT2D eigenvalue weighted by Gasteiger charge is -2.17. The fourth-order valence-corrected chi connectivity index (χ4v) is 3.34. The van der Waals surface area contributed by atoms with E-state index in [0.29, 0.717) is 24.5 Å². The average Bonchev–Trinajstić information content (AvgIpc) is 3.03. The number of ether oxygens (including phenoxy) is 1. The van der Waals surface area contributed by atoms with Crippen LogP contribution in [0.2, 0.25) is 0 Å². The molecule has 0 aliphatic heterocycles. The van der Waals surface area contributed by atoms with Gasteiger partial charge in [0.15, 0.2) is 0 Å². The molecule has 5 nitrogen and oxygen atoms in total.